The molecule has 1 unspecified atom stereocenters. The van der Waals surface area contributed by atoms with Gasteiger partial charge >= 0.3 is 0 Å². The Labute approximate surface area is 109 Å². The van der Waals surface area contributed by atoms with Crippen LogP contribution in [0.5, 0.6) is 0 Å². The minimum absolute atomic E-state index is 0.149. The fraction of sp³-hybridized carbons (Fsp3) is 0.786. The maximum Gasteiger partial charge on any atom is 0.102 e. The number of aromatic nitrogens is 2. The largest absolute Gasteiger partial charge is 0.386 e. The summed E-state index contributed by atoms with van der Waals surface area (Å²) in [6.07, 6.45) is 10.0. The molecule has 4 heteroatoms. The van der Waals surface area contributed by atoms with Crippen LogP contribution in [0.3, 0.4) is 0 Å². The van der Waals surface area contributed by atoms with Crippen LogP contribution in [0.15, 0.2) is 12.5 Å². The summed E-state index contributed by atoms with van der Waals surface area (Å²) in [5.74, 6) is 0. The van der Waals surface area contributed by atoms with Crippen molar-refractivity contribution in [3.63, 3.8) is 0 Å². The van der Waals surface area contributed by atoms with E-state index in [-0.39, 0.29) is 5.41 Å². The van der Waals surface area contributed by atoms with E-state index in [1.165, 1.54) is 25.7 Å². The van der Waals surface area contributed by atoms with Gasteiger partial charge in [0.2, 0.25) is 0 Å². The summed E-state index contributed by atoms with van der Waals surface area (Å²) in [5.41, 5.74) is 6.79. The molecule has 1 aliphatic rings. The van der Waals surface area contributed by atoms with Crippen LogP contribution < -0.4 is 5.73 Å². The first-order chi connectivity index (χ1) is 8.73. The zero-order valence-electron chi connectivity index (χ0n) is 11.3. The van der Waals surface area contributed by atoms with E-state index in [0.717, 1.165) is 25.1 Å². The molecule has 0 amide bonds. The third-order valence-electron chi connectivity index (χ3n) is 4.45. The molecule has 0 bridgehead atoms. The minimum Gasteiger partial charge on any atom is -0.386 e. The fourth-order valence-corrected chi connectivity index (χ4v) is 3.16. The lowest BCUT2D eigenvalue weighted by molar-refractivity contribution is 0.0111. The number of nitrogens with zero attached hydrogens (tertiary/aromatic N) is 2. The van der Waals surface area contributed by atoms with Gasteiger partial charge in [0.15, 0.2) is 0 Å². The van der Waals surface area contributed by atoms with Gasteiger partial charge in [-0.3, -0.25) is 0 Å². The summed E-state index contributed by atoms with van der Waals surface area (Å²) in [6, 6.07) is 0. The molecule has 1 fully saturated rings. The molecule has 2 rings (SSSR count). The smallest absolute Gasteiger partial charge is 0.102 e. The summed E-state index contributed by atoms with van der Waals surface area (Å²) in [4.78, 5) is 4.16. The Kier molecular flexibility index (Phi) is 4.40. The van der Waals surface area contributed by atoms with E-state index in [1.54, 1.807) is 12.5 Å². The standard InChI is InChI=1S/C14H25N3O/c1-2-17-11-16-9-12(17)13(18)14(10-15)7-5-3-4-6-8-14/h9,11,13,18H,2-8,10,15H2,1H3. The van der Waals surface area contributed by atoms with E-state index in [0.29, 0.717) is 6.54 Å². The highest BCUT2D eigenvalue weighted by molar-refractivity contribution is 5.09. The number of hydrogen-bond donors (Lipinski definition) is 2. The van der Waals surface area contributed by atoms with Gasteiger partial charge < -0.3 is 15.4 Å². The number of nitrogens with two attached hydrogens (primary N) is 1. The quantitative estimate of drug-likeness (QED) is 0.807. The molecule has 1 aromatic heterocycles. The molecule has 0 spiro atoms. The summed E-state index contributed by atoms with van der Waals surface area (Å²) in [6.45, 7) is 3.47. The van der Waals surface area contributed by atoms with Gasteiger partial charge in [-0.1, -0.05) is 25.7 Å². The molecule has 0 aliphatic heterocycles. The number of hydrogen-bond acceptors (Lipinski definition) is 3. The highest BCUT2D eigenvalue weighted by Gasteiger charge is 2.39. The topological polar surface area (TPSA) is 64.1 Å². The molecule has 4 nitrogen and oxygen atoms in total. The first-order valence-corrected chi connectivity index (χ1v) is 7.11. The molecule has 0 saturated heterocycles. The monoisotopic (exact) mass is 251 g/mol. The molecular formula is C14H25N3O. The van der Waals surface area contributed by atoms with Crippen LogP contribution >= 0.6 is 0 Å². The van der Waals surface area contributed by atoms with Gasteiger partial charge in [0.1, 0.15) is 6.10 Å². The molecule has 18 heavy (non-hydrogen) atoms. The van der Waals surface area contributed by atoms with Crippen LogP contribution in [0.25, 0.3) is 0 Å². The maximum atomic E-state index is 10.8. The van der Waals surface area contributed by atoms with Crippen molar-refractivity contribution < 1.29 is 5.11 Å². The van der Waals surface area contributed by atoms with Crippen molar-refractivity contribution in [1.82, 2.24) is 9.55 Å². The van der Waals surface area contributed by atoms with E-state index in [1.807, 2.05) is 4.57 Å². The number of aliphatic hydroxyl groups is 1. The van der Waals surface area contributed by atoms with E-state index in [2.05, 4.69) is 11.9 Å². The van der Waals surface area contributed by atoms with Gasteiger partial charge in [-0.15, -0.1) is 0 Å². The number of aryl methyl sites for hydroxylation is 1. The molecular weight excluding hydrogens is 226 g/mol. The molecule has 0 radical (unpaired) electrons. The molecule has 1 atom stereocenters. The lowest BCUT2D eigenvalue weighted by Crippen LogP contribution is -2.37. The van der Waals surface area contributed by atoms with Crippen LogP contribution in [0.4, 0.5) is 0 Å². The summed E-state index contributed by atoms with van der Waals surface area (Å²) in [7, 11) is 0. The molecule has 0 aromatic carbocycles. The Morgan fingerprint density at radius 2 is 2.06 bits per heavy atom. The van der Waals surface area contributed by atoms with Gasteiger partial charge in [-0.2, -0.15) is 0 Å². The predicted molar refractivity (Wildman–Crippen MR) is 72.1 cm³/mol. The minimum atomic E-state index is -0.483. The van der Waals surface area contributed by atoms with Gasteiger partial charge in [-0.25, -0.2) is 4.98 Å². The van der Waals surface area contributed by atoms with Crippen LogP contribution in [0.2, 0.25) is 0 Å². The second-order valence-corrected chi connectivity index (χ2v) is 5.49. The second kappa shape index (κ2) is 5.85. The summed E-state index contributed by atoms with van der Waals surface area (Å²) >= 11 is 0. The predicted octanol–water partition coefficient (Wildman–Crippen LogP) is 2.24. The van der Waals surface area contributed by atoms with Crippen LogP contribution in [0.1, 0.15) is 57.2 Å². The van der Waals surface area contributed by atoms with E-state index in [4.69, 9.17) is 5.73 Å². The van der Waals surface area contributed by atoms with Crippen molar-refractivity contribution in [2.24, 2.45) is 11.1 Å². The molecule has 1 aromatic rings. The van der Waals surface area contributed by atoms with Crippen molar-refractivity contribution >= 4 is 0 Å². The number of imidazole rings is 1. The van der Waals surface area contributed by atoms with E-state index < -0.39 is 6.10 Å². The van der Waals surface area contributed by atoms with Gasteiger partial charge in [0.05, 0.1) is 18.2 Å². The Hall–Kier alpha value is -0.870. The molecule has 1 aliphatic carbocycles. The highest BCUT2D eigenvalue weighted by atomic mass is 16.3. The Bertz CT molecular complexity index is 367. The Morgan fingerprint density at radius 3 is 2.61 bits per heavy atom. The molecule has 1 saturated carbocycles. The van der Waals surface area contributed by atoms with E-state index in [9.17, 15) is 5.11 Å². The van der Waals surface area contributed by atoms with E-state index >= 15 is 0 Å². The zero-order chi connectivity index (χ0) is 13.0. The van der Waals surface area contributed by atoms with Crippen LogP contribution in [-0.2, 0) is 6.54 Å². The molecule has 3 N–H and O–H groups in total. The maximum absolute atomic E-state index is 10.8. The van der Waals surface area contributed by atoms with Gasteiger partial charge in [0, 0.05) is 18.5 Å². The Morgan fingerprint density at radius 1 is 1.39 bits per heavy atom. The lowest BCUT2D eigenvalue weighted by atomic mass is 9.74. The third kappa shape index (κ3) is 2.45. The van der Waals surface area contributed by atoms with Crippen LogP contribution in [-0.4, -0.2) is 21.2 Å². The summed E-state index contributed by atoms with van der Waals surface area (Å²) in [5, 5.41) is 10.8. The Balaban J connectivity index is 2.25. The van der Waals surface area contributed by atoms with Gasteiger partial charge in [0.25, 0.3) is 0 Å². The van der Waals surface area contributed by atoms with Crippen molar-refractivity contribution in [1.29, 1.82) is 0 Å². The fourth-order valence-electron chi connectivity index (χ4n) is 3.16. The molecule has 102 valence electrons. The average molecular weight is 251 g/mol. The van der Waals surface area contributed by atoms with Gasteiger partial charge in [-0.05, 0) is 19.8 Å². The van der Waals surface area contributed by atoms with Crippen molar-refractivity contribution in [3.8, 4) is 0 Å². The SMILES string of the molecule is CCn1cncc1C(O)C1(CN)CCCCCC1. The second-order valence-electron chi connectivity index (χ2n) is 5.49. The lowest BCUT2D eigenvalue weighted by Gasteiger charge is -2.36. The first kappa shape index (κ1) is 13.6. The normalized spacial score (nSPS) is 21.5. The zero-order valence-corrected chi connectivity index (χ0v) is 11.3. The summed E-state index contributed by atoms with van der Waals surface area (Å²) < 4.78 is 2.02. The molecule has 1 heterocycles. The van der Waals surface area contributed by atoms with Crippen molar-refractivity contribution in [2.75, 3.05) is 6.54 Å². The van der Waals surface area contributed by atoms with Crippen molar-refractivity contribution in [3.05, 3.63) is 18.2 Å². The van der Waals surface area contributed by atoms with Crippen LogP contribution in [0, 0.1) is 5.41 Å². The third-order valence-corrected chi connectivity index (χ3v) is 4.45. The average Bonchev–Trinajstić information content (AvgIpc) is 2.74. The highest BCUT2D eigenvalue weighted by Crippen LogP contribution is 2.44. The number of rotatable bonds is 4. The number of aliphatic hydroxyl groups excluding tert-OH is 1. The van der Waals surface area contributed by atoms with Crippen molar-refractivity contribution in [2.45, 2.75) is 58.1 Å². The first-order valence-electron chi connectivity index (χ1n) is 7.11.